The first-order valence-electron chi connectivity index (χ1n) is 12.2. The molecule has 3 fully saturated rings. The Morgan fingerprint density at radius 3 is 2.40 bits per heavy atom. The molecule has 0 aromatic rings. The molecule has 2 N–H and O–H groups in total. The van der Waals surface area contributed by atoms with Crippen LogP contribution in [0.1, 0.15) is 66.2 Å². The summed E-state index contributed by atoms with van der Waals surface area (Å²) >= 11 is 0. The van der Waals surface area contributed by atoms with E-state index in [9.17, 15) is 32.3 Å². The van der Waals surface area contributed by atoms with Crippen LogP contribution in [0.4, 0.5) is 13.2 Å². The number of alkyl halides is 3. The Labute approximate surface area is 203 Å². The van der Waals surface area contributed by atoms with Gasteiger partial charge in [-0.2, -0.15) is 0 Å². The molecule has 2 heterocycles. The zero-order valence-corrected chi connectivity index (χ0v) is 20.8. The fourth-order valence-electron chi connectivity index (χ4n) is 5.49. The van der Waals surface area contributed by atoms with E-state index >= 15 is 0 Å². The molecule has 0 aromatic heterocycles. The van der Waals surface area contributed by atoms with Crippen molar-refractivity contribution in [3.05, 3.63) is 0 Å². The number of hydrogen-bond donors (Lipinski definition) is 2. The third-order valence-electron chi connectivity index (χ3n) is 7.29. The number of nitrogens with one attached hydrogen (secondary N) is 2. The van der Waals surface area contributed by atoms with Crippen molar-refractivity contribution in [2.24, 2.45) is 22.7 Å². The fourth-order valence-corrected chi connectivity index (χ4v) is 5.49. The number of ketones is 1. The second-order valence-electron chi connectivity index (χ2n) is 11.4. The Morgan fingerprint density at radius 1 is 1.23 bits per heavy atom. The summed E-state index contributed by atoms with van der Waals surface area (Å²) in [5.41, 5.74) is -0.805. The zero-order chi connectivity index (χ0) is 26.2. The Bertz CT molecular complexity index is 854. The predicted octanol–water partition coefficient (Wildman–Crippen LogP) is 2.56. The highest BCUT2D eigenvalue weighted by Crippen LogP contribution is 2.55. The topological polar surface area (TPSA) is 105 Å². The van der Waals surface area contributed by atoms with Crippen molar-refractivity contribution in [3.8, 4) is 0 Å². The lowest BCUT2D eigenvalue weighted by atomic mass is 9.82. The molecule has 0 radical (unpaired) electrons. The van der Waals surface area contributed by atoms with Crippen molar-refractivity contribution in [2.45, 2.75) is 84.7 Å². The minimum atomic E-state index is -5.00. The summed E-state index contributed by atoms with van der Waals surface area (Å²) in [6, 6.07) is -2.14. The van der Waals surface area contributed by atoms with E-state index < -0.39 is 48.1 Å². The molecule has 1 aliphatic carbocycles. The summed E-state index contributed by atoms with van der Waals surface area (Å²) in [4.78, 5) is 53.1. The van der Waals surface area contributed by atoms with Crippen molar-refractivity contribution in [1.29, 1.82) is 0 Å². The highest BCUT2D eigenvalue weighted by Gasteiger charge is 2.56. The smallest absolute Gasteiger partial charge is 0.356 e. The number of hydrogen-bond acceptors (Lipinski definition) is 5. The van der Waals surface area contributed by atoms with Crippen LogP contribution in [0.2, 0.25) is 0 Å². The molecule has 8 nitrogen and oxygen atoms in total. The normalized spacial score (nSPS) is 24.6. The van der Waals surface area contributed by atoms with E-state index in [1.54, 1.807) is 4.90 Å². The second kappa shape index (κ2) is 10.1. The lowest BCUT2D eigenvalue weighted by Gasteiger charge is -2.34. The molecular formula is C24H36F3N3O5. The molecule has 3 aliphatic rings. The highest BCUT2D eigenvalue weighted by atomic mass is 19.4. The SMILES string of the molecule is CC(C)CC(C)(C)C(=O)N1CC2(CC2)C[C@H]1C(=O)N[C@@H](C[C@@H]1CCNC1=O)C(=O)COC(F)(F)F. The molecule has 3 atom stereocenters. The van der Waals surface area contributed by atoms with Crippen molar-refractivity contribution < 1.29 is 37.1 Å². The van der Waals surface area contributed by atoms with Crippen LogP contribution in [0.3, 0.4) is 0 Å². The molecule has 2 aliphatic heterocycles. The summed E-state index contributed by atoms with van der Waals surface area (Å²) in [6.07, 6.45) is -1.82. The number of ether oxygens (including phenoxy) is 1. The maximum absolute atomic E-state index is 13.5. The monoisotopic (exact) mass is 503 g/mol. The van der Waals surface area contributed by atoms with Gasteiger partial charge < -0.3 is 15.5 Å². The average molecular weight is 504 g/mol. The van der Waals surface area contributed by atoms with Gasteiger partial charge in [-0.15, -0.1) is 13.2 Å². The molecular weight excluding hydrogens is 467 g/mol. The molecule has 3 rings (SSSR count). The number of carbonyl (C=O) groups is 4. The van der Waals surface area contributed by atoms with Gasteiger partial charge >= 0.3 is 6.36 Å². The molecule has 0 aromatic carbocycles. The van der Waals surface area contributed by atoms with Gasteiger partial charge in [0.05, 0.1) is 6.04 Å². The molecule has 3 amide bonds. The third kappa shape index (κ3) is 6.95. The summed E-state index contributed by atoms with van der Waals surface area (Å²) in [6.45, 7) is 7.32. The molecule has 198 valence electrons. The van der Waals surface area contributed by atoms with Crippen LogP contribution in [0.15, 0.2) is 0 Å². The summed E-state index contributed by atoms with van der Waals surface area (Å²) < 4.78 is 41.2. The summed E-state index contributed by atoms with van der Waals surface area (Å²) in [5, 5.41) is 5.20. The number of carbonyl (C=O) groups excluding carboxylic acids is 4. The minimum absolute atomic E-state index is 0.115. The number of amides is 3. The summed E-state index contributed by atoms with van der Waals surface area (Å²) in [5.74, 6) is -2.32. The van der Waals surface area contributed by atoms with Gasteiger partial charge in [0.2, 0.25) is 17.7 Å². The van der Waals surface area contributed by atoms with Gasteiger partial charge in [0.25, 0.3) is 0 Å². The van der Waals surface area contributed by atoms with Gasteiger partial charge in [-0.1, -0.05) is 27.7 Å². The van der Waals surface area contributed by atoms with Crippen molar-refractivity contribution in [1.82, 2.24) is 15.5 Å². The van der Waals surface area contributed by atoms with Crippen molar-refractivity contribution in [2.75, 3.05) is 19.7 Å². The van der Waals surface area contributed by atoms with Gasteiger partial charge in [0.15, 0.2) is 5.78 Å². The van der Waals surface area contributed by atoms with Crippen LogP contribution in [0.25, 0.3) is 0 Å². The largest absolute Gasteiger partial charge is 0.522 e. The zero-order valence-electron chi connectivity index (χ0n) is 20.8. The lowest BCUT2D eigenvalue weighted by molar-refractivity contribution is -0.321. The predicted molar refractivity (Wildman–Crippen MR) is 120 cm³/mol. The third-order valence-corrected chi connectivity index (χ3v) is 7.29. The molecule has 0 unspecified atom stereocenters. The maximum atomic E-state index is 13.5. The van der Waals surface area contributed by atoms with Crippen LogP contribution in [0.5, 0.6) is 0 Å². The van der Waals surface area contributed by atoms with Gasteiger partial charge in [0.1, 0.15) is 12.6 Å². The Morgan fingerprint density at radius 2 is 1.89 bits per heavy atom. The minimum Gasteiger partial charge on any atom is -0.356 e. The number of nitrogens with zero attached hydrogens (tertiary/aromatic N) is 1. The number of likely N-dealkylation sites (tertiary alicyclic amines) is 1. The van der Waals surface area contributed by atoms with Gasteiger partial charge in [-0.05, 0) is 49.9 Å². The van der Waals surface area contributed by atoms with Gasteiger partial charge in [-0.3, -0.25) is 23.9 Å². The lowest BCUT2D eigenvalue weighted by Crippen LogP contribution is -2.54. The van der Waals surface area contributed by atoms with Crippen molar-refractivity contribution >= 4 is 23.5 Å². The van der Waals surface area contributed by atoms with Crippen molar-refractivity contribution in [3.63, 3.8) is 0 Å². The standard InChI is InChI=1S/C24H36F3N3O5/c1-14(2)10-22(3,4)21(34)30-13-23(6-7-23)11-17(30)20(33)29-16(9-15-5-8-28-19(15)32)18(31)12-35-24(25,26)27/h14-17H,5-13H2,1-4H3,(H,28,32)(H,29,33)/t15-,16-,17-/m0/s1. The first kappa shape index (κ1) is 27.4. The molecule has 1 spiro atoms. The van der Waals surface area contributed by atoms with Crippen LogP contribution < -0.4 is 10.6 Å². The second-order valence-corrected chi connectivity index (χ2v) is 11.4. The molecule has 11 heteroatoms. The Hall–Kier alpha value is -2.17. The van der Waals surface area contributed by atoms with E-state index in [0.29, 0.717) is 32.4 Å². The van der Waals surface area contributed by atoms with Gasteiger partial charge in [0, 0.05) is 24.4 Å². The van der Waals surface area contributed by atoms with E-state index in [1.165, 1.54) is 0 Å². The van der Waals surface area contributed by atoms with E-state index in [-0.39, 0.29) is 29.6 Å². The van der Waals surface area contributed by atoms with Crippen LogP contribution in [0, 0.1) is 22.7 Å². The molecule has 35 heavy (non-hydrogen) atoms. The Balaban J connectivity index is 1.76. The van der Waals surface area contributed by atoms with E-state index in [2.05, 4.69) is 15.4 Å². The average Bonchev–Trinajstić information content (AvgIpc) is 3.19. The molecule has 1 saturated carbocycles. The fraction of sp³-hybridized carbons (Fsp3) is 0.833. The number of rotatable bonds is 10. The van der Waals surface area contributed by atoms with E-state index in [1.807, 2.05) is 27.7 Å². The first-order valence-corrected chi connectivity index (χ1v) is 12.2. The van der Waals surface area contributed by atoms with Crippen LogP contribution in [-0.4, -0.2) is 66.5 Å². The van der Waals surface area contributed by atoms with Crippen LogP contribution >= 0.6 is 0 Å². The van der Waals surface area contributed by atoms with Crippen LogP contribution in [-0.2, 0) is 23.9 Å². The maximum Gasteiger partial charge on any atom is 0.522 e. The summed E-state index contributed by atoms with van der Waals surface area (Å²) in [7, 11) is 0. The van der Waals surface area contributed by atoms with E-state index in [4.69, 9.17) is 0 Å². The first-order chi connectivity index (χ1) is 16.1. The highest BCUT2D eigenvalue weighted by molar-refractivity contribution is 5.95. The molecule has 0 bridgehead atoms. The number of Topliss-reactive ketones (excluding diaryl/α,β-unsaturated/α-hetero) is 1. The molecule has 2 saturated heterocycles. The van der Waals surface area contributed by atoms with Gasteiger partial charge in [-0.25, -0.2) is 0 Å². The van der Waals surface area contributed by atoms with E-state index in [0.717, 1.165) is 12.8 Å². The number of halogens is 3. The quantitative estimate of drug-likeness (QED) is 0.477. The Kier molecular flexibility index (Phi) is 7.88.